The molecule has 0 bridgehead atoms. The summed E-state index contributed by atoms with van der Waals surface area (Å²) in [7, 11) is 0. The number of amides is 1. The Morgan fingerprint density at radius 3 is 2.62 bits per heavy atom. The van der Waals surface area contributed by atoms with E-state index in [9.17, 15) is 4.79 Å². The van der Waals surface area contributed by atoms with Crippen LogP contribution in [0.1, 0.15) is 45.6 Å². The Morgan fingerprint density at radius 1 is 1.24 bits per heavy atom. The number of hydrogen-bond donors (Lipinski definition) is 1. The highest BCUT2D eigenvalue weighted by molar-refractivity contribution is 5.80. The molecule has 0 aliphatic rings. The van der Waals surface area contributed by atoms with Crippen molar-refractivity contribution in [2.75, 3.05) is 19.8 Å². The van der Waals surface area contributed by atoms with Crippen LogP contribution in [0.5, 0.6) is 5.75 Å². The summed E-state index contributed by atoms with van der Waals surface area (Å²) in [6.45, 7) is 9.94. The molecule has 0 aliphatic carbocycles. The van der Waals surface area contributed by atoms with Crippen LogP contribution < -0.4 is 10.1 Å². The lowest BCUT2D eigenvalue weighted by molar-refractivity contribution is -0.127. The van der Waals surface area contributed by atoms with Gasteiger partial charge in [-0.25, -0.2) is 0 Å². The third-order valence-corrected chi connectivity index (χ3v) is 3.18. The van der Waals surface area contributed by atoms with E-state index < -0.39 is 6.10 Å². The van der Waals surface area contributed by atoms with Crippen molar-refractivity contribution in [1.82, 2.24) is 5.32 Å². The first-order chi connectivity index (χ1) is 10.1. The zero-order valence-corrected chi connectivity index (χ0v) is 13.5. The van der Waals surface area contributed by atoms with Gasteiger partial charge in [0.1, 0.15) is 5.75 Å². The summed E-state index contributed by atoms with van der Waals surface area (Å²) in [5.74, 6) is 1.05. The number of benzene rings is 1. The molecule has 21 heavy (non-hydrogen) atoms. The Labute approximate surface area is 127 Å². The summed E-state index contributed by atoms with van der Waals surface area (Å²) >= 11 is 0. The largest absolute Gasteiger partial charge is 0.481 e. The number of para-hydroxylation sites is 1. The second-order valence-electron chi connectivity index (χ2n) is 5.29. The van der Waals surface area contributed by atoms with Gasteiger partial charge in [0.15, 0.2) is 6.10 Å². The van der Waals surface area contributed by atoms with Crippen molar-refractivity contribution in [3.63, 3.8) is 0 Å². The fourth-order valence-electron chi connectivity index (χ4n) is 1.98. The van der Waals surface area contributed by atoms with E-state index in [1.807, 2.05) is 31.2 Å². The van der Waals surface area contributed by atoms with Crippen LogP contribution in [0.25, 0.3) is 0 Å². The number of ether oxygens (including phenoxy) is 2. The van der Waals surface area contributed by atoms with Gasteiger partial charge in [0, 0.05) is 19.8 Å². The molecule has 0 aliphatic heterocycles. The van der Waals surface area contributed by atoms with Crippen LogP contribution >= 0.6 is 0 Å². The molecule has 0 aromatic heterocycles. The van der Waals surface area contributed by atoms with Crippen LogP contribution in [0.15, 0.2) is 24.3 Å². The quantitative estimate of drug-likeness (QED) is 0.712. The minimum Gasteiger partial charge on any atom is -0.481 e. The minimum absolute atomic E-state index is 0.0925. The second kappa shape index (κ2) is 9.40. The maximum absolute atomic E-state index is 12.0. The fraction of sp³-hybridized carbons (Fsp3) is 0.588. The molecule has 0 unspecified atom stereocenters. The normalized spacial score (nSPS) is 12.2. The van der Waals surface area contributed by atoms with Gasteiger partial charge in [-0.1, -0.05) is 32.0 Å². The maximum Gasteiger partial charge on any atom is 0.260 e. The minimum atomic E-state index is -0.503. The molecule has 1 aromatic carbocycles. The first kappa shape index (κ1) is 17.5. The van der Waals surface area contributed by atoms with Crippen LogP contribution in [-0.4, -0.2) is 31.8 Å². The third kappa shape index (κ3) is 6.17. The Bertz CT molecular complexity index is 432. The number of nitrogens with one attached hydrogen (secondary N) is 1. The Morgan fingerprint density at radius 2 is 1.95 bits per heavy atom. The van der Waals surface area contributed by atoms with Gasteiger partial charge >= 0.3 is 0 Å². The monoisotopic (exact) mass is 293 g/mol. The average molecular weight is 293 g/mol. The molecule has 0 fully saturated rings. The topological polar surface area (TPSA) is 47.6 Å². The lowest BCUT2D eigenvalue weighted by Crippen LogP contribution is -2.37. The highest BCUT2D eigenvalue weighted by atomic mass is 16.5. The smallest absolute Gasteiger partial charge is 0.260 e. The van der Waals surface area contributed by atoms with Crippen molar-refractivity contribution in [3.05, 3.63) is 29.8 Å². The molecule has 1 aromatic rings. The summed E-state index contributed by atoms with van der Waals surface area (Å²) in [5, 5.41) is 2.87. The van der Waals surface area contributed by atoms with Crippen molar-refractivity contribution in [2.45, 2.75) is 46.1 Å². The van der Waals surface area contributed by atoms with Gasteiger partial charge in [-0.05, 0) is 37.8 Å². The molecule has 1 rings (SSSR count). The third-order valence-electron chi connectivity index (χ3n) is 3.18. The molecule has 1 atom stereocenters. The zero-order chi connectivity index (χ0) is 15.7. The Hall–Kier alpha value is -1.55. The number of hydrogen-bond acceptors (Lipinski definition) is 3. The van der Waals surface area contributed by atoms with E-state index in [2.05, 4.69) is 19.2 Å². The molecule has 4 nitrogen and oxygen atoms in total. The van der Waals surface area contributed by atoms with Crippen LogP contribution in [0.2, 0.25) is 0 Å². The highest BCUT2D eigenvalue weighted by Crippen LogP contribution is 2.26. The van der Waals surface area contributed by atoms with Gasteiger partial charge < -0.3 is 14.8 Å². The van der Waals surface area contributed by atoms with E-state index >= 15 is 0 Å². The predicted molar refractivity (Wildman–Crippen MR) is 84.7 cm³/mol. The average Bonchev–Trinajstić information content (AvgIpc) is 2.47. The first-order valence-corrected chi connectivity index (χ1v) is 7.67. The van der Waals surface area contributed by atoms with E-state index in [4.69, 9.17) is 9.47 Å². The summed E-state index contributed by atoms with van der Waals surface area (Å²) in [4.78, 5) is 12.0. The van der Waals surface area contributed by atoms with Crippen LogP contribution in [-0.2, 0) is 9.53 Å². The van der Waals surface area contributed by atoms with Crippen molar-refractivity contribution in [1.29, 1.82) is 0 Å². The summed E-state index contributed by atoms with van der Waals surface area (Å²) in [5.41, 5.74) is 1.12. The lowest BCUT2D eigenvalue weighted by Gasteiger charge is -2.18. The lowest BCUT2D eigenvalue weighted by atomic mass is 10.0. The SMILES string of the molecule is CCOCCCNC(=O)[C@H](C)Oc1ccccc1C(C)C. The maximum atomic E-state index is 12.0. The fourth-order valence-corrected chi connectivity index (χ4v) is 1.98. The molecule has 1 amide bonds. The van der Waals surface area contributed by atoms with Crippen molar-refractivity contribution in [2.24, 2.45) is 0 Å². The first-order valence-electron chi connectivity index (χ1n) is 7.67. The van der Waals surface area contributed by atoms with Crippen molar-refractivity contribution in [3.8, 4) is 5.75 Å². The molecule has 0 radical (unpaired) electrons. The second-order valence-corrected chi connectivity index (χ2v) is 5.29. The van der Waals surface area contributed by atoms with Gasteiger partial charge in [0.25, 0.3) is 5.91 Å². The highest BCUT2D eigenvalue weighted by Gasteiger charge is 2.16. The standard InChI is InChI=1S/C17H27NO3/c1-5-20-12-8-11-18-17(19)14(4)21-16-10-7-6-9-15(16)13(2)3/h6-7,9-10,13-14H,5,8,11-12H2,1-4H3,(H,18,19)/t14-/m0/s1. The van der Waals surface area contributed by atoms with E-state index in [0.717, 1.165) is 17.7 Å². The van der Waals surface area contributed by atoms with E-state index in [1.165, 1.54) is 0 Å². The number of rotatable bonds is 9. The molecular weight excluding hydrogens is 266 g/mol. The van der Waals surface area contributed by atoms with Crippen LogP contribution in [0, 0.1) is 0 Å². The van der Waals surface area contributed by atoms with Gasteiger partial charge in [-0.15, -0.1) is 0 Å². The Kier molecular flexibility index (Phi) is 7.83. The molecular formula is C17H27NO3. The van der Waals surface area contributed by atoms with Gasteiger partial charge in [0.05, 0.1) is 0 Å². The summed E-state index contributed by atoms with van der Waals surface area (Å²) < 4.78 is 11.0. The Balaban J connectivity index is 2.45. The number of carbonyl (C=O) groups excluding carboxylic acids is 1. The molecule has 0 saturated heterocycles. The zero-order valence-electron chi connectivity index (χ0n) is 13.5. The van der Waals surface area contributed by atoms with Crippen molar-refractivity contribution < 1.29 is 14.3 Å². The van der Waals surface area contributed by atoms with E-state index in [1.54, 1.807) is 6.92 Å². The van der Waals surface area contributed by atoms with E-state index in [0.29, 0.717) is 25.7 Å². The van der Waals surface area contributed by atoms with Crippen LogP contribution in [0.3, 0.4) is 0 Å². The van der Waals surface area contributed by atoms with Crippen LogP contribution in [0.4, 0.5) is 0 Å². The van der Waals surface area contributed by atoms with Gasteiger partial charge in [-0.3, -0.25) is 4.79 Å². The molecule has 4 heteroatoms. The molecule has 1 N–H and O–H groups in total. The van der Waals surface area contributed by atoms with Gasteiger partial charge in [-0.2, -0.15) is 0 Å². The number of carbonyl (C=O) groups is 1. The molecule has 0 spiro atoms. The summed E-state index contributed by atoms with van der Waals surface area (Å²) in [6.07, 6.45) is 0.312. The molecule has 0 saturated carbocycles. The molecule has 0 heterocycles. The van der Waals surface area contributed by atoms with E-state index in [-0.39, 0.29) is 5.91 Å². The van der Waals surface area contributed by atoms with Gasteiger partial charge in [0.2, 0.25) is 0 Å². The summed E-state index contributed by atoms with van der Waals surface area (Å²) in [6, 6.07) is 7.86. The van der Waals surface area contributed by atoms with Crippen molar-refractivity contribution >= 4 is 5.91 Å². The molecule has 118 valence electrons. The predicted octanol–water partition coefficient (Wildman–Crippen LogP) is 3.12.